The average molecular weight is 196 g/mol. The zero-order valence-electron chi connectivity index (χ0n) is 7.13. The second-order valence-corrected chi connectivity index (χ2v) is 3.33. The number of hydrogen-bond acceptors (Lipinski definition) is 2. The SMILES string of the molecule is ClCCCc1ccc2[nH]nnc2c1. The number of benzene rings is 1. The van der Waals surface area contributed by atoms with E-state index >= 15 is 0 Å². The number of aromatic nitrogens is 3. The predicted octanol–water partition coefficient (Wildman–Crippen LogP) is 2.13. The Hall–Kier alpha value is -1.09. The molecule has 0 bridgehead atoms. The van der Waals surface area contributed by atoms with Crippen LogP contribution in [-0.2, 0) is 6.42 Å². The summed E-state index contributed by atoms with van der Waals surface area (Å²) in [5.74, 6) is 0.705. The largest absolute Gasteiger partial charge is 0.258 e. The van der Waals surface area contributed by atoms with Crippen LogP contribution in [0.2, 0.25) is 0 Å². The number of fused-ring (bicyclic) bond motifs is 1. The summed E-state index contributed by atoms with van der Waals surface area (Å²) in [6.45, 7) is 0. The first kappa shape index (κ1) is 8.51. The summed E-state index contributed by atoms with van der Waals surface area (Å²) in [5.41, 5.74) is 3.17. The molecule has 0 aliphatic heterocycles. The van der Waals surface area contributed by atoms with Crippen LogP contribution in [0, 0.1) is 0 Å². The first-order valence-corrected chi connectivity index (χ1v) is 4.79. The second kappa shape index (κ2) is 3.75. The van der Waals surface area contributed by atoms with Gasteiger partial charge in [-0.05, 0) is 30.5 Å². The highest BCUT2D eigenvalue weighted by Gasteiger charge is 1.98. The van der Waals surface area contributed by atoms with E-state index in [9.17, 15) is 0 Å². The van der Waals surface area contributed by atoms with Crippen LogP contribution in [0.3, 0.4) is 0 Å². The van der Waals surface area contributed by atoms with Crippen molar-refractivity contribution in [3.8, 4) is 0 Å². The van der Waals surface area contributed by atoms with Crippen LogP contribution in [0.4, 0.5) is 0 Å². The third-order valence-electron chi connectivity index (χ3n) is 1.99. The summed E-state index contributed by atoms with van der Waals surface area (Å²) in [5, 5.41) is 10.5. The summed E-state index contributed by atoms with van der Waals surface area (Å²) in [6.07, 6.45) is 2.01. The Kier molecular flexibility index (Phi) is 2.45. The third-order valence-corrected chi connectivity index (χ3v) is 2.26. The smallest absolute Gasteiger partial charge is 0.113 e. The average Bonchev–Trinajstić information content (AvgIpc) is 2.61. The van der Waals surface area contributed by atoms with Gasteiger partial charge in [0.25, 0.3) is 0 Å². The van der Waals surface area contributed by atoms with E-state index < -0.39 is 0 Å². The fraction of sp³-hybridized carbons (Fsp3) is 0.333. The molecule has 0 saturated carbocycles. The molecule has 1 heterocycles. The minimum atomic E-state index is 0.705. The van der Waals surface area contributed by atoms with Gasteiger partial charge in [0.1, 0.15) is 5.52 Å². The molecular weight excluding hydrogens is 186 g/mol. The van der Waals surface area contributed by atoms with Crippen molar-refractivity contribution in [3.63, 3.8) is 0 Å². The molecule has 0 aliphatic carbocycles. The van der Waals surface area contributed by atoms with E-state index in [2.05, 4.69) is 21.5 Å². The molecule has 13 heavy (non-hydrogen) atoms. The van der Waals surface area contributed by atoms with Crippen LogP contribution >= 0.6 is 11.6 Å². The van der Waals surface area contributed by atoms with Gasteiger partial charge in [0.2, 0.25) is 0 Å². The first-order valence-electron chi connectivity index (χ1n) is 4.26. The summed E-state index contributed by atoms with van der Waals surface area (Å²) in [6, 6.07) is 6.12. The molecule has 0 fully saturated rings. The molecule has 0 amide bonds. The van der Waals surface area contributed by atoms with Crippen molar-refractivity contribution in [1.29, 1.82) is 0 Å². The molecule has 2 rings (SSSR count). The van der Waals surface area contributed by atoms with Gasteiger partial charge in [0.05, 0.1) is 5.52 Å². The third kappa shape index (κ3) is 1.80. The summed E-state index contributed by atoms with van der Waals surface area (Å²) in [7, 11) is 0. The molecule has 0 radical (unpaired) electrons. The van der Waals surface area contributed by atoms with E-state index in [4.69, 9.17) is 11.6 Å². The van der Waals surface area contributed by atoms with Crippen molar-refractivity contribution in [2.24, 2.45) is 0 Å². The van der Waals surface area contributed by atoms with Crippen LogP contribution in [0.5, 0.6) is 0 Å². The van der Waals surface area contributed by atoms with E-state index in [1.807, 2.05) is 12.1 Å². The molecule has 1 aromatic carbocycles. The number of aryl methyl sites for hydroxylation is 1. The monoisotopic (exact) mass is 195 g/mol. The van der Waals surface area contributed by atoms with Crippen molar-refractivity contribution >= 4 is 22.6 Å². The van der Waals surface area contributed by atoms with Crippen molar-refractivity contribution < 1.29 is 0 Å². The summed E-state index contributed by atoms with van der Waals surface area (Å²) >= 11 is 5.61. The zero-order chi connectivity index (χ0) is 9.10. The molecule has 0 unspecified atom stereocenters. The number of nitrogens with one attached hydrogen (secondary N) is 1. The highest BCUT2D eigenvalue weighted by molar-refractivity contribution is 6.17. The lowest BCUT2D eigenvalue weighted by Gasteiger charge is -1.97. The van der Waals surface area contributed by atoms with Gasteiger partial charge >= 0.3 is 0 Å². The maximum Gasteiger partial charge on any atom is 0.113 e. The number of hydrogen-bond donors (Lipinski definition) is 1. The number of halogens is 1. The Labute approximate surface area is 81.1 Å². The Morgan fingerprint density at radius 3 is 3.15 bits per heavy atom. The van der Waals surface area contributed by atoms with Crippen LogP contribution < -0.4 is 0 Å². The number of aromatic amines is 1. The minimum Gasteiger partial charge on any atom is -0.258 e. The van der Waals surface area contributed by atoms with Gasteiger partial charge < -0.3 is 0 Å². The molecule has 0 aliphatic rings. The molecule has 0 atom stereocenters. The molecule has 4 heteroatoms. The van der Waals surface area contributed by atoms with Crippen molar-refractivity contribution in [2.75, 3.05) is 5.88 Å². The fourth-order valence-electron chi connectivity index (χ4n) is 1.31. The van der Waals surface area contributed by atoms with Crippen molar-refractivity contribution in [2.45, 2.75) is 12.8 Å². The van der Waals surface area contributed by atoms with E-state index in [0.717, 1.165) is 23.9 Å². The van der Waals surface area contributed by atoms with Crippen LogP contribution in [0.1, 0.15) is 12.0 Å². The van der Waals surface area contributed by atoms with Crippen molar-refractivity contribution in [1.82, 2.24) is 15.4 Å². The lowest BCUT2D eigenvalue weighted by molar-refractivity contribution is 0.929. The van der Waals surface area contributed by atoms with E-state index in [1.165, 1.54) is 5.56 Å². The molecule has 3 nitrogen and oxygen atoms in total. The summed E-state index contributed by atoms with van der Waals surface area (Å²) in [4.78, 5) is 0. The summed E-state index contributed by atoms with van der Waals surface area (Å²) < 4.78 is 0. The Morgan fingerprint density at radius 2 is 2.31 bits per heavy atom. The molecular formula is C9H10ClN3. The Morgan fingerprint density at radius 1 is 1.38 bits per heavy atom. The quantitative estimate of drug-likeness (QED) is 0.763. The number of nitrogens with zero attached hydrogens (tertiary/aromatic N) is 2. The fourth-order valence-corrected chi connectivity index (χ4v) is 1.45. The van der Waals surface area contributed by atoms with E-state index in [1.54, 1.807) is 0 Å². The van der Waals surface area contributed by atoms with Crippen molar-refractivity contribution in [3.05, 3.63) is 23.8 Å². The number of H-pyrrole nitrogens is 1. The lowest BCUT2D eigenvalue weighted by atomic mass is 10.1. The molecule has 0 spiro atoms. The van der Waals surface area contributed by atoms with E-state index in [0.29, 0.717) is 5.88 Å². The van der Waals surface area contributed by atoms with E-state index in [-0.39, 0.29) is 0 Å². The molecule has 0 saturated heterocycles. The standard InChI is InChI=1S/C9H10ClN3/c10-5-1-2-7-3-4-8-9(6-7)12-13-11-8/h3-4,6H,1-2,5H2,(H,11,12,13). The van der Waals surface area contributed by atoms with Gasteiger partial charge in [-0.15, -0.1) is 16.7 Å². The first-order chi connectivity index (χ1) is 6.40. The van der Waals surface area contributed by atoms with Crippen LogP contribution in [0.25, 0.3) is 11.0 Å². The van der Waals surface area contributed by atoms with Gasteiger partial charge in [-0.1, -0.05) is 11.3 Å². The predicted molar refractivity (Wildman–Crippen MR) is 52.9 cm³/mol. The van der Waals surface area contributed by atoms with Crippen LogP contribution in [-0.4, -0.2) is 21.3 Å². The second-order valence-electron chi connectivity index (χ2n) is 2.96. The molecule has 1 N–H and O–H groups in total. The van der Waals surface area contributed by atoms with Gasteiger partial charge in [-0.25, -0.2) is 0 Å². The number of rotatable bonds is 3. The lowest BCUT2D eigenvalue weighted by Crippen LogP contribution is -1.85. The molecule has 1 aromatic heterocycles. The maximum absolute atomic E-state index is 5.61. The highest BCUT2D eigenvalue weighted by atomic mass is 35.5. The van der Waals surface area contributed by atoms with Crippen LogP contribution in [0.15, 0.2) is 18.2 Å². The number of alkyl halides is 1. The maximum atomic E-state index is 5.61. The minimum absolute atomic E-state index is 0.705. The van der Waals surface area contributed by atoms with Gasteiger partial charge in [0, 0.05) is 5.88 Å². The topological polar surface area (TPSA) is 41.6 Å². The molecule has 2 aromatic rings. The van der Waals surface area contributed by atoms with Gasteiger partial charge in [0.15, 0.2) is 0 Å². The zero-order valence-corrected chi connectivity index (χ0v) is 7.88. The Balaban J connectivity index is 2.26. The van der Waals surface area contributed by atoms with Gasteiger partial charge in [-0.3, -0.25) is 5.10 Å². The Bertz CT molecular complexity index is 396. The molecule has 68 valence electrons. The normalized spacial score (nSPS) is 10.8. The highest BCUT2D eigenvalue weighted by Crippen LogP contribution is 2.12. The van der Waals surface area contributed by atoms with Gasteiger partial charge in [-0.2, -0.15) is 0 Å².